The Morgan fingerprint density at radius 3 is 2.57 bits per heavy atom. The molecule has 0 radical (unpaired) electrons. The first-order chi connectivity index (χ1) is 13.3. The second-order valence-electron chi connectivity index (χ2n) is 7.02. The summed E-state index contributed by atoms with van der Waals surface area (Å²) in [4.78, 5) is 25.7. The number of hydrogen-bond donors (Lipinski definition) is 1. The van der Waals surface area contributed by atoms with Gasteiger partial charge in [-0.1, -0.05) is 18.2 Å². The predicted octanol–water partition coefficient (Wildman–Crippen LogP) is 1.48. The molecule has 1 atom stereocenters. The lowest BCUT2D eigenvalue weighted by Crippen LogP contribution is -2.44. The van der Waals surface area contributed by atoms with Gasteiger partial charge in [-0.2, -0.15) is 0 Å². The number of carbonyl (C=O) groups excluding carboxylic acids is 1. The van der Waals surface area contributed by atoms with Gasteiger partial charge in [-0.25, -0.2) is 17.4 Å². The van der Waals surface area contributed by atoms with E-state index in [2.05, 4.69) is 5.32 Å². The van der Waals surface area contributed by atoms with E-state index in [-0.39, 0.29) is 29.5 Å². The minimum Gasteiger partial charge on any atom is -0.320 e. The number of aromatic nitrogens is 2. The molecular formula is C19H26N4O4S. The third-order valence-electron chi connectivity index (χ3n) is 5.32. The number of rotatable bonds is 5. The number of anilines is 1. The third kappa shape index (κ3) is 3.77. The standard InChI is InChI=1S/C19H26N4O4S/c1-4-28(26,27)22-12-8-9-15(13-22)18(24)20-17-14(2)21(3)23(19(17)25)16-10-6-5-7-11-16/h5-7,10-11,15H,4,8-9,12-13H2,1-3H3,(H,20,24). The van der Waals surface area contributed by atoms with Crippen molar-refractivity contribution in [3.05, 3.63) is 46.4 Å². The molecule has 0 bridgehead atoms. The van der Waals surface area contributed by atoms with E-state index in [1.165, 1.54) is 8.99 Å². The zero-order chi connectivity index (χ0) is 20.5. The van der Waals surface area contributed by atoms with E-state index in [0.29, 0.717) is 30.8 Å². The van der Waals surface area contributed by atoms with Crippen LogP contribution in [-0.2, 0) is 21.9 Å². The van der Waals surface area contributed by atoms with Gasteiger partial charge in [0.05, 0.1) is 23.1 Å². The molecule has 2 heterocycles. The highest BCUT2D eigenvalue weighted by Crippen LogP contribution is 2.22. The lowest BCUT2D eigenvalue weighted by atomic mass is 9.99. The summed E-state index contributed by atoms with van der Waals surface area (Å²) >= 11 is 0. The van der Waals surface area contributed by atoms with Crippen molar-refractivity contribution in [3.8, 4) is 5.69 Å². The van der Waals surface area contributed by atoms with E-state index >= 15 is 0 Å². The number of carbonyl (C=O) groups is 1. The van der Waals surface area contributed by atoms with Crippen molar-refractivity contribution in [3.63, 3.8) is 0 Å². The fourth-order valence-electron chi connectivity index (χ4n) is 3.53. The summed E-state index contributed by atoms with van der Waals surface area (Å²) in [5.74, 6) is -0.776. The third-order valence-corrected chi connectivity index (χ3v) is 7.16. The topological polar surface area (TPSA) is 93.4 Å². The number of sulfonamides is 1. The van der Waals surface area contributed by atoms with Crippen LogP contribution in [0.4, 0.5) is 5.69 Å². The van der Waals surface area contributed by atoms with Crippen molar-refractivity contribution in [2.24, 2.45) is 13.0 Å². The van der Waals surface area contributed by atoms with Crippen molar-refractivity contribution in [1.82, 2.24) is 13.7 Å². The van der Waals surface area contributed by atoms with E-state index < -0.39 is 15.9 Å². The molecule has 28 heavy (non-hydrogen) atoms. The Morgan fingerprint density at radius 2 is 1.93 bits per heavy atom. The van der Waals surface area contributed by atoms with Crippen molar-refractivity contribution in [1.29, 1.82) is 0 Å². The molecule has 2 aromatic rings. The minimum absolute atomic E-state index is 0.0148. The van der Waals surface area contributed by atoms with Crippen molar-refractivity contribution < 1.29 is 13.2 Å². The van der Waals surface area contributed by atoms with Crippen molar-refractivity contribution in [2.45, 2.75) is 26.7 Å². The molecule has 3 rings (SSSR count). The monoisotopic (exact) mass is 406 g/mol. The number of para-hydroxylation sites is 1. The number of piperidine rings is 1. The summed E-state index contributed by atoms with van der Waals surface area (Å²) in [6.07, 6.45) is 1.22. The van der Waals surface area contributed by atoms with Crippen LogP contribution in [-0.4, -0.2) is 46.8 Å². The first-order valence-corrected chi connectivity index (χ1v) is 11.0. The zero-order valence-electron chi connectivity index (χ0n) is 16.4. The lowest BCUT2D eigenvalue weighted by molar-refractivity contribution is -0.120. The van der Waals surface area contributed by atoms with E-state index in [9.17, 15) is 18.0 Å². The molecular weight excluding hydrogens is 380 g/mol. The zero-order valence-corrected chi connectivity index (χ0v) is 17.2. The van der Waals surface area contributed by atoms with Gasteiger partial charge >= 0.3 is 0 Å². The average molecular weight is 407 g/mol. The van der Waals surface area contributed by atoms with Crippen LogP contribution >= 0.6 is 0 Å². The Labute approximate surface area is 164 Å². The Morgan fingerprint density at radius 1 is 1.25 bits per heavy atom. The predicted molar refractivity (Wildman–Crippen MR) is 108 cm³/mol. The van der Waals surface area contributed by atoms with Gasteiger partial charge in [0.15, 0.2) is 0 Å². The van der Waals surface area contributed by atoms with Gasteiger partial charge in [0.25, 0.3) is 5.56 Å². The van der Waals surface area contributed by atoms with Crippen LogP contribution < -0.4 is 10.9 Å². The Kier molecular flexibility index (Phi) is 5.76. The molecule has 1 unspecified atom stereocenters. The molecule has 0 spiro atoms. The van der Waals surface area contributed by atoms with Gasteiger partial charge < -0.3 is 5.32 Å². The molecule has 1 fully saturated rings. The second-order valence-corrected chi connectivity index (χ2v) is 9.28. The molecule has 0 saturated carbocycles. The molecule has 1 aromatic carbocycles. The fourth-order valence-corrected chi connectivity index (χ4v) is 4.71. The lowest BCUT2D eigenvalue weighted by Gasteiger charge is -2.30. The van der Waals surface area contributed by atoms with Crippen LogP contribution in [0, 0.1) is 12.8 Å². The van der Waals surface area contributed by atoms with Crippen molar-refractivity contribution >= 4 is 21.6 Å². The first-order valence-electron chi connectivity index (χ1n) is 9.39. The average Bonchev–Trinajstić information content (AvgIpc) is 2.92. The molecule has 152 valence electrons. The molecule has 1 aliphatic heterocycles. The number of amides is 1. The van der Waals surface area contributed by atoms with E-state index in [1.807, 2.05) is 30.3 Å². The Bertz CT molecular complexity index is 1020. The molecule has 1 saturated heterocycles. The molecule has 1 aromatic heterocycles. The number of nitrogens with zero attached hydrogens (tertiary/aromatic N) is 3. The minimum atomic E-state index is -3.33. The van der Waals surface area contributed by atoms with Gasteiger partial charge in [-0.05, 0) is 38.8 Å². The van der Waals surface area contributed by atoms with Gasteiger partial charge in [-0.3, -0.25) is 14.3 Å². The summed E-state index contributed by atoms with van der Waals surface area (Å²) in [7, 11) is -1.57. The number of hydrogen-bond acceptors (Lipinski definition) is 4. The molecule has 9 heteroatoms. The largest absolute Gasteiger partial charge is 0.320 e. The molecule has 8 nitrogen and oxygen atoms in total. The fraction of sp³-hybridized carbons (Fsp3) is 0.474. The molecule has 0 aliphatic carbocycles. The maximum absolute atomic E-state index is 12.9. The van der Waals surface area contributed by atoms with E-state index in [0.717, 1.165) is 0 Å². The normalized spacial score (nSPS) is 18.2. The molecule has 1 aliphatic rings. The van der Waals surface area contributed by atoms with Gasteiger partial charge in [0.1, 0.15) is 5.69 Å². The highest BCUT2D eigenvalue weighted by molar-refractivity contribution is 7.89. The van der Waals surface area contributed by atoms with Crippen LogP contribution in [0.5, 0.6) is 0 Å². The summed E-state index contributed by atoms with van der Waals surface area (Å²) in [5, 5.41) is 2.75. The van der Waals surface area contributed by atoms with Gasteiger partial charge in [0, 0.05) is 20.1 Å². The maximum Gasteiger partial charge on any atom is 0.295 e. The SMILES string of the molecule is CCS(=O)(=O)N1CCCC(C(=O)Nc2c(C)n(C)n(-c3ccccc3)c2=O)C1. The smallest absolute Gasteiger partial charge is 0.295 e. The van der Waals surface area contributed by atoms with Gasteiger partial charge in [0.2, 0.25) is 15.9 Å². The summed E-state index contributed by atoms with van der Waals surface area (Å²) in [6.45, 7) is 3.95. The van der Waals surface area contributed by atoms with Crippen LogP contribution in [0.25, 0.3) is 5.69 Å². The van der Waals surface area contributed by atoms with Crippen molar-refractivity contribution in [2.75, 3.05) is 24.2 Å². The van der Waals surface area contributed by atoms with Gasteiger partial charge in [-0.15, -0.1) is 0 Å². The van der Waals surface area contributed by atoms with Crippen LogP contribution in [0.3, 0.4) is 0 Å². The summed E-state index contributed by atoms with van der Waals surface area (Å²) in [5.41, 5.74) is 1.26. The second kappa shape index (κ2) is 7.92. The number of benzene rings is 1. The molecule has 1 N–H and O–H groups in total. The van der Waals surface area contributed by atoms with Crippen LogP contribution in [0.15, 0.2) is 35.1 Å². The van der Waals surface area contributed by atoms with E-state index in [4.69, 9.17) is 0 Å². The number of nitrogens with one attached hydrogen (secondary N) is 1. The Balaban J connectivity index is 1.84. The Hall–Kier alpha value is -2.39. The quantitative estimate of drug-likeness (QED) is 0.814. The molecule has 1 amide bonds. The maximum atomic E-state index is 12.9. The highest BCUT2D eigenvalue weighted by Gasteiger charge is 2.32. The summed E-state index contributed by atoms with van der Waals surface area (Å²) in [6, 6.07) is 9.19. The van der Waals surface area contributed by atoms with E-state index in [1.54, 1.807) is 25.6 Å². The summed E-state index contributed by atoms with van der Waals surface area (Å²) < 4.78 is 28.8. The van der Waals surface area contributed by atoms with Crippen LogP contribution in [0.2, 0.25) is 0 Å². The highest BCUT2D eigenvalue weighted by atomic mass is 32.2. The van der Waals surface area contributed by atoms with Crippen LogP contribution in [0.1, 0.15) is 25.5 Å². The first kappa shape index (κ1) is 20.3.